The summed E-state index contributed by atoms with van der Waals surface area (Å²) in [5.41, 5.74) is 0. The van der Waals surface area contributed by atoms with Gasteiger partial charge in [0.05, 0.1) is 19.5 Å². The summed E-state index contributed by atoms with van der Waals surface area (Å²) in [6, 6.07) is 0.396. The second-order valence-corrected chi connectivity index (χ2v) is 6.21. The third kappa shape index (κ3) is 4.08. The highest BCUT2D eigenvalue weighted by Crippen LogP contribution is 2.21. The first-order valence-corrected chi connectivity index (χ1v) is 8.38. The number of morpholine rings is 1. The zero-order chi connectivity index (χ0) is 15.2. The van der Waals surface area contributed by atoms with Gasteiger partial charge in [-0.3, -0.25) is 9.69 Å². The Kier molecular flexibility index (Phi) is 5.45. The van der Waals surface area contributed by atoms with Crippen molar-refractivity contribution >= 4 is 5.91 Å². The molecular weight excluding hydrogens is 280 g/mol. The fraction of sp³-hybridized carbons (Fsp3) is 0.750. The molecule has 0 spiro atoms. The Hall–Kier alpha value is -1.40. The third-order valence-corrected chi connectivity index (χ3v) is 4.71. The summed E-state index contributed by atoms with van der Waals surface area (Å²) in [5.74, 6) is 0.227. The molecule has 0 radical (unpaired) electrons. The van der Waals surface area contributed by atoms with E-state index >= 15 is 0 Å². The van der Waals surface area contributed by atoms with Crippen molar-refractivity contribution in [2.75, 3.05) is 39.4 Å². The van der Waals surface area contributed by atoms with E-state index in [0.717, 1.165) is 58.7 Å². The van der Waals surface area contributed by atoms with E-state index in [0.29, 0.717) is 12.6 Å². The van der Waals surface area contributed by atoms with Crippen molar-refractivity contribution < 1.29 is 9.53 Å². The fourth-order valence-electron chi connectivity index (χ4n) is 3.41. The number of aromatic nitrogens is 2. The largest absolute Gasteiger partial charge is 0.379 e. The molecule has 1 amide bonds. The monoisotopic (exact) mass is 306 g/mol. The number of rotatable bonds is 5. The lowest BCUT2D eigenvalue weighted by Crippen LogP contribution is -2.47. The standard InChI is InChI=1S/C16H26N4O2/c21-16(13-19-8-5-17-14-19)20-6-2-1-3-15(20)4-7-18-9-11-22-12-10-18/h5,8,14-15H,1-4,6-7,9-13H2/t15-/m0/s1. The maximum Gasteiger partial charge on any atom is 0.242 e. The fourth-order valence-corrected chi connectivity index (χ4v) is 3.41. The lowest BCUT2D eigenvalue weighted by Gasteiger charge is -2.37. The molecule has 2 aliphatic heterocycles. The number of ether oxygens (including phenoxy) is 1. The van der Waals surface area contributed by atoms with Gasteiger partial charge in [-0.15, -0.1) is 0 Å². The topological polar surface area (TPSA) is 50.6 Å². The molecule has 1 aromatic heterocycles. The van der Waals surface area contributed by atoms with E-state index in [-0.39, 0.29) is 5.91 Å². The molecule has 22 heavy (non-hydrogen) atoms. The second kappa shape index (κ2) is 7.74. The van der Waals surface area contributed by atoms with Gasteiger partial charge in [-0.25, -0.2) is 4.98 Å². The molecule has 1 aromatic rings. The van der Waals surface area contributed by atoms with Gasteiger partial charge in [-0.1, -0.05) is 0 Å². The average Bonchev–Trinajstić information content (AvgIpc) is 3.07. The van der Waals surface area contributed by atoms with Gasteiger partial charge in [0.2, 0.25) is 5.91 Å². The Morgan fingerprint density at radius 2 is 2.09 bits per heavy atom. The van der Waals surface area contributed by atoms with Crippen LogP contribution < -0.4 is 0 Å². The van der Waals surface area contributed by atoms with Crippen molar-refractivity contribution in [1.29, 1.82) is 0 Å². The summed E-state index contributed by atoms with van der Waals surface area (Å²) in [5, 5.41) is 0. The molecule has 0 N–H and O–H groups in total. The van der Waals surface area contributed by atoms with Crippen molar-refractivity contribution in [2.24, 2.45) is 0 Å². The Morgan fingerprint density at radius 1 is 1.23 bits per heavy atom. The van der Waals surface area contributed by atoms with Crippen LogP contribution in [0, 0.1) is 0 Å². The van der Waals surface area contributed by atoms with Crippen LogP contribution >= 0.6 is 0 Å². The highest BCUT2D eigenvalue weighted by atomic mass is 16.5. The SMILES string of the molecule is O=C(Cn1ccnc1)N1CCCC[C@H]1CCN1CCOCC1. The van der Waals surface area contributed by atoms with Gasteiger partial charge in [-0.2, -0.15) is 0 Å². The van der Waals surface area contributed by atoms with Gasteiger partial charge in [0.25, 0.3) is 0 Å². The van der Waals surface area contributed by atoms with E-state index < -0.39 is 0 Å². The summed E-state index contributed by atoms with van der Waals surface area (Å²) in [6.07, 6.45) is 9.87. The van der Waals surface area contributed by atoms with Crippen LogP contribution in [0.5, 0.6) is 0 Å². The van der Waals surface area contributed by atoms with Gasteiger partial charge >= 0.3 is 0 Å². The van der Waals surface area contributed by atoms with Gasteiger partial charge in [0, 0.05) is 44.6 Å². The van der Waals surface area contributed by atoms with Gasteiger partial charge in [-0.05, 0) is 25.7 Å². The number of hydrogen-bond acceptors (Lipinski definition) is 4. The molecule has 1 atom stereocenters. The van der Waals surface area contributed by atoms with E-state index in [1.165, 1.54) is 6.42 Å². The van der Waals surface area contributed by atoms with Crippen LogP contribution in [-0.2, 0) is 16.1 Å². The normalized spacial score (nSPS) is 23.6. The Labute approximate surface area is 132 Å². The summed E-state index contributed by atoms with van der Waals surface area (Å²) in [7, 11) is 0. The molecule has 0 aliphatic carbocycles. The first kappa shape index (κ1) is 15.5. The Morgan fingerprint density at radius 3 is 2.86 bits per heavy atom. The van der Waals surface area contributed by atoms with Crippen LogP contribution in [0.4, 0.5) is 0 Å². The minimum atomic E-state index is 0.227. The summed E-state index contributed by atoms with van der Waals surface area (Å²) >= 11 is 0. The lowest BCUT2D eigenvalue weighted by molar-refractivity contribution is -0.135. The quantitative estimate of drug-likeness (QED) is 0.814. The molecule has 0 bridgehead atoms. The molecule has 0 saturated carbocycles. The van der Waals surface area contributed by atoms with Gasteiger partial charge < -0.3 is 14.2 Å². The summed E-state index contributed by atoms with van der Waals surface area (Å²) in [4.78, 5) is 21.1. The molecule has 6 heteroatoms. The molecular formula is C16H26N4O2. The zero-order valence-electron chi connectivity index (χ0n) is 13.2. The molecule has 0 aromatic carbocycles. The molecule has 6 nitrogen and oxygen atoms in total. The second-order valence-electron chi connectivity index (χ2n) is 6.21. The van der Waals surface area contributed by atoms with Crippen molar-refractivity contribution in [3.63, 3.8) is 0 Å². The van der Waals surface area contributed by atoms with Gasteiger partial charge in [0.1, 0.15) is 6.54 Å². The maximum absolute atomic E-state index is 12.6. The summed E-state index contributed by atoms with van der Waals surface area (Å²) < 4.78 is 7.25. The maximum atomic E-state index is 12.6. The van der Waals surface area contributed by atoms with E-state index in [1.54, 1.807) is 12.5 Å². The number of likely N-dealkylation sites (tertiary alicyclic amines) is 1. The first-order chi connectivity index (χ1) is 10.8. The number of nitrogens with zero attached hydrogens (tertiary/aromatic N) is 4. The number of hydrogen-bond donors (Lipinski definition) is 0. The Balaban J connectivity index is 1.52. The van der Waals surface area contributed by atoms with Crippen LogP contribution in [0.3, 0.4) is 0 Å². The third-order valence-electron chi connectivity index (χ3n) is 4.71. The number of imidazole rings is 1. The van der Waals surface area contributed by atoms with E-state index in [4.69, 9.17) is 4.74 Å². The predicted molar refractivity (Wildman–Crippen MR) is 83.5 cm³/mol. The predicted octanol–water partition coefficient (Wildman–Crippen LogP) is 0.987. The van der Waals surface area contributed by atoms with Crippen molar-refractivity contribution in [3.8, 4) is 0 Å². The summed E-state index contributed by atoms with van der Waals surface area (Å²) in [6.45, 7) is 6.12. The van der Waals surface area contributed by atoms with Crippen molar-refractivity contribution in [3.05, 3.63) is 18.7 Å². The van der Waals surface area contributed by atoms with Crippen LogP contribution in [0.2, 0.25) is 0 Å². The van der Waals surface area contributed by atoms with E-state index in [9.17, 15) is 4.79 Å². The molecule has 2 saturated heterocycles. The molecule has 0 unspecified atom stereocenters. The van der Waals surface area contributed by atoms with Crippen LogP contribution in [0.15, 0.2) is 18.7 Å². The lowest BCUT2D eigenvalue weighted by atomic mass is 9.99. The van der Waals surface area contributed by atoms with Crippen LogP contribution in [-0.4, -0.2) is 70.7 Å². The zero-order valence-corrected chi connectivity index (χ0v) is 13.2. The highest BCUT2D eigenvalue weighted by molar-refractivity contribution is 5.76. The molecule has 2 fully saturated rings. The number of amides is 1. The first-order valence-electron chi connectivity index (χ1n) is 8.38. The smallest absolute Gasteiger partial charge is 0.242 e. The van der Waals surface area contributed by atoms with E-state index in [1.807, 2.05) is 10.8 Å². The number of piperidine rings is 1. The molecule has 3 heterocycles. The molecule has 3 rings (SSSR count). The molecule has 122 valence electrons. The number of carbonyl (C=O) groups is 1. The Bertz CT molecular complexity index is 457. The van der Waals surface area contributed by atoms with Crippen molar-refractivity contribution in [2.45, 2.75) is 38.3 Å². The van der Waals surface area contributed by atoms with Crippen LogP contribution in [0.1, 0.15) is 25.7 Å². The minimum Gasteiger partial charge on any atom is -0.379 e. The van der Waals surface area contributed by atoms with Crippen LogP contribution in [0.25, 0.3) is 0 Å². The molecule has 2 aliphatic rings. The minimum absolute atomic E-state index is 0.227. The van der Waals surface area contributed by atoms with E-state index in [2.05, 4.69) is 14.8 Å². The van der Waals surface area contributed by atoms with Gasteiger partial charge in [0.15, 0.2) is 0 Å². The van der Waals surface area contributed by atoms with Crippen molar-refractivity contribution in [1.82, 2.24) is 19.4 Å². The average molecular weight is 306 g/mol. The highest BCUT2D eigenvalue weighted by Gasteiger charge is 2.27. The number of carbonyl (C=O) groups excluding carboxylic acids is 1.